The van der Waals surface area contributed by atoms with Gasteiger partial charge < -0.3 is 9.84 Å². The molecule has 2 aromatic rings. The van der Waals surface area contributed by atoms with E-state index in [-0.39, 0.29) is 36.6 Å². The van der Waals surface area contributed by atoms with Crippen LogP contribution in [-0.2, 0) is 17.4 Å². The average Bonchev–Trinajstić information content (AvgIpc) is 3.13. The molecule has 0 bridgehead atoms. The van der Waals surface area contributed by atoms with Gasteiger partial charge in [0.05, 0.1) is 5.56 Å². The Morgan fingerprint density at radius 3 is 2.45 bits per heavy atom. The zero-order valence-electron chi connectivity index (χ0n) is 15.6. The van der Waals surface area contributed by atoms with Gasteiger partial charge in [0, 0.05) is 6.42 Å². The van der Waals surface area contributed by atoms with Crippen molar-refractivity contribution in [3.05, 3.63) is 70.5 Å². The lowest BCUT2D eigenvalue weighted by molar-refractivity contribution is -0.140. The van der Waals surface area contributed by atoms with Crippen molar-refractivity contribution in [2.45, 2.75) is 38.3 Å². The third-order valence-corrected chi connectivity index (χ3v) is 4.93. The van der Waals surface area contributed by atoms with Crippen LogP contribution in [0.5, 0.6) is 5.75 Å². The summed E-state index contributed by atoms with van der Waals surface area (Å²) in [6, 6.07) is 9.76. The van der Waals surface area contributed by atoms with E-state index in [1.165, 1.54) is 24.3 Å². The summed E-state index contributed by atoms with van der Waals surface area (Å²) in [5, 5.41) is 8.73. The Kier molecular flexibility index (Phi) is 6.25. The highest BCUT2D eigenvalue weighted by molar-refractivity contribution is 5.70. The molecule has 0 aliphatic heterocycles. The number of halogens is 4. The van der Waals surface area contributed by atoms with Gasteiger partial charge >= 0.3 is 12.1 Å². The van der Waals surface area contributed by atoms with Crippen molar-refractivity contribution in [2.75, 3.05) is 6.61 Å². The Morgan fingerprint density at radius 2 is 1.79 bits per heavy atom. The van der Waals surface area contributed by atoms with Crippen LogP contribution in [0.25, 0.3) is 5.57 Å². The van der Waals surface area contributed by atoms with Gasteiger partial charge in [-0.3, -0.25) is 4.79 Å². The van der Waals surface area contributed by atoms with E-state index in [0.29, 0.717) is 0 Å². The Labute approximate surface area is 165 Å². The van der Waals surface area contributed by atoms with E-state index in [4.69, 9.17) is 9.84 Å². The predicted octanol–water partition coefficient (Wildman–Crippen LogP) is 5.88. The lowest BCUT2D eigenvalue weighted by Gasteiger charge is -2.15. The minimum absolute atomic E-state index is 0.0701. The highest BCUT2D eigenvalue weighted by atomic mass is 19.4. The van der Waals surface area contributed by atoms with E-state index in [2.05, 4.69) is 0 Å². The monoisotopic (exact) mass is 408 g/mol. The maximum Gasteiger partial charge on any atom is 0.416 e. The first-order valence-corrected chi connectivity index (χ1v) is 9.25. The summed E-state index contributed by atoms with van der Waals surface area (Å²) in [4.78, 5) is 10.7. The van der Waals surface area contributed by atoms with Crippen molar-refractivity contribution in [3.8, 4) is 5.75 Å². The summed E-state index contributed by atoms with van der Waals surface area (Å²) in [6.07, 6.45) is -2.68. The molecule has 154 valence electrons. The molecule has 2 aromatic carbocycles. The molecule has 0 saturated carbocycles. The number of hydrogen-bond donors (Lipinski definition) is 1. The maximum absolute atomic E-state index is 13.4. The van der Waals surface area contributed by atoms with Crippen LogP contribution in [0, 0.1) is 5.82 Å². The summed E-state index contributed by atoms with van der Waals surface area (Å²) in [7, 11) is 0. The van der Waals surface area contributed by atoms with Gasteiger partial charge in [-0.2, -0.15) is 13.2 Å². The molecule has 1 aliphatic rings. The molecule has 7 heteroatoms. The normalized spacial score (nSPS) is 14.3. The van der Waals surface area contributed by atoms with Crippen molar-refractivity contribution in [1.29, 1.82) is 0 Å². The number of benzene rings is 2. The molecule has 0 unspecified atom stereocenters. The molecule has 1 N–H and O–H groups in total. The Morgan fingerprint density at radius 1 is 1.07 bits per heavy atom. The second-order valence-electron chi connectivity index (χ2n) is 6.94. The molecule has 0 spiro atoms. The average molecular weight is 408 g/mol. The SMILES string of the molecule is O=C(O)CCc1ccc(OCC2=C(c3ccc(F)cc3)CCC2)cc1C(F)(F)F. The quantitative estimate of drug-likeness (QED) is 0.582. The molecule has 0 saturated heterocycles. The fraction of sp³-hybridized carbons (Fsp3) is 0.318. The first-order chi connectivity index (χ1) is 13.7. The van der Waals surface area contributed by atoms with E-state index in [1.54, 1.807) is 12.1 Å². The number of carboxylic acids is 1. The first-order valence-electron chi connectivity index (χ1n) is 9.25. The Bertz CT molecular complexity index is 915. The van der Waals surface area contributed by atoms with Gasteiger partial charge in [0.1, 0.15) is 18.2 Å². The maximum atomic E-state index is 13.4. The van der Waals surface area contributed by atoms with Crippen molar-refractivity contribution in [1.82, 2.24) is 0 Å². The molecular weight excluding hydrogens is 388 g/mol. The van der Waals surface area contributed by atoms with Crippen molar-refractivity contribution < 1.29 is 32.2 Å². The van der Waals surface area contributed by atoms with E-state index >= 15 is 0 Å². The van der Waals surface area contributed by atoms with Gasteiger partial charge in [0.2, 0.25) is 0 Å². The second-order valence-corrected chi connectivity index (χ2v) is 6.94. The molecule has 3 nitrogen and oxygen atoms in total. The number of allylic oxidation sites excluding steroid dienone is 1. The molecule has 0 atom stereocenters. The topological polar surface area (TPSA) is 46.5 Å². The lowest BCUT2D eigenvalue weighted by atomic mass is 10.0. The molecule has 0 amide bonds. The second kappa shape index (κ2) is 8.68. The van der Waals surface area contributed by atoms with Crippen LogP contribution in [0.1, 0.15) is 42.4 Å². The fourth-order valence-corrected chi connectivity index (χ4v) is 3.50. The number of ether oxygens (including phenoxy) is 1. The molecule has 0 fully saturated rings. The van der Waals surface area contributed by atoms with Gasteiger partial charge in [-0.05, 0) is 72.2 Å². The Hall–Kier alpha value is -2.83. The van der Waals surface area contributed by atoms with E-state index in [0.717, 1.165) is 42.0 Å². The summed E-state index contributed by atoms with van der Waals surface area (Å²) in [5.41, 5.74) is 1.97. The summed E-state index contributed by atoms with van der Waals surface area (Å²) in [5.74, 6) is -1.40. The van der Waals surface area contributed by atoms with E-state index in [9.17, 15) is 22.4 Å². The standard InChI is InChI=1S/C22H20F4O3/c23-17-8-4-14(5-9-17)19-3-1-2-16(19)13-29-18-10-6-15(7-11-21(27)28)20(12-18)22(24,25)26/h4-6,8-10,12H,1-3,7,11,13H2,(H,27,28). The molecule has 1 aliphatic carbocycles. The predicted molar refractivity (Wildman–Crippen MR) is 100 cm³/mol. The number of carboxylic acid groups (broad SMARTS) is 1. The highest BCUT2D eigenvalue weighted by Crippen LogP contribution is 2.37. The summed E-state index contributed by atoms with van der Waals surface area (Å²) in [6.45, 7) is 0.151. The first kappa shape index (κ1) is 20.9. The van der Waals surface area contributed by atoms with Crippen molar-refractivity contribution in [3.63, 3.8) is 0 Å². The third kappa shape index (κ3) is 5.37. The minimum atomic E-state index is -4.60. The van der Waals surface area contributed by atoms with Crippen LogP contribution in [0.4, 0.5) is 17.6 Å². The van der Waals surface area contributed by atoms with Crippen LogP contribution in [0.15, 0.2) is 48.0 Å². The van der Waals surface area contributed by atoms with Crippen LogP contribution in [-0.4, -0.2) is 17.7 Å². The number of carbonyl (C=O) groups is 1. The lowest BCUT2D eigenvalue weighted by Crippen LogP contribution is -2.11. The summed E-state index contributed by atoms with van der Waals surface area (Å²) < 4.78 is 58.9. The van der Waals surface area contributed by atoms with E-state index in [1.807, 2.05) is 0 Å². The van der Waals surface area contributed by atoms with Gasteiger partial charge in [0.25, 0.3) is 0 Å². The van der Waals surface area contributed by atoms with Crippen LogP contribution in [0.3, 0.4) is 0 Å². The number of aliphatic carboxylic acids is 1. The van der Waals surface area contributed by atoms with Crippen molar-refractivity contribution >= 4 is 11.5 Å². The zero-order valence-corrected chi connectivity index (χ0v) is 15.6. The zero-order chi connectivity index (χ0) is 21.0. The smallest absolute Gasteiger partial charge is 0.416 e. The van der Waals surface area contributed by atoms with Crippen molar-refractivity contribution in [2.24, 2.45) is 0 Å². The molecule has 0 radical (unpaired) electrons. The third-order valence-electron chi connectivity index (χ3n) is 4.93. The van der Waals surface area contributed by atoms with E-state index < -0.39 is 17.7 Å². The number of alkyl halides is 3. The molecule has 3 rings (SSSR count). The van der Waals surface area contributed by atoms with Crippen LogP contribution in [0.2, 0.25) is 0 Å². The van der Waals surface area contributed by atoms with Gasteiger partial charge in [-0.25, -0.2) is 4.39 Å². The molecular formula is C22H20F4O3. The number of hydrogen-bond acceptors (Lipinski definition) is 2. The fourth-order valence-electron chi connectivity index (χ4n) is 3.50. The van der Waals surface area contributed by atoms with Gasteiger partial charge in [-0.15, -0.1) is 0 Å². The molecule has 0 aromatic heterocycles. The number of rotatable bonds is 7. The number of aryl methyl sites for hydroxylation is 1. The van der Waals surface area contributed by atoms with Gasteiger partial charge in [-0.1, -0.05) is 18.2 Å². The van der Waals surface area contributed by atoms with Crippen LogP contribution >= 0.6 is 0 Å². The summed E-state index contributed by atoms with van der Waals surface area (Å²) >= 11 is 0. The highest BCUT2D eigenvalue weighted by Gasteiger charge is 2.33. The van der Waals surface area contributed by atoms with Crippen LogP contribution < -0.4 is 4.74 Å². The van der Waals surface area contributed by atoms with Gasteiger partial charge in [0.15, 0.2) is 0 Å². The Balaban J connectivity index is 1.78. The minimum Gasteiger partial charge on any atom is -0.489 e. The molecule has 29 heavy (non-hydrogen) atoms. The largest absolute Gasteiger partial charge is 0.489 e. The molecule has 0 heterocycles.